The number of aromatic nitrogens is 3. The average molecular weight is 354 g/mol. The first-order chi connectivity index (χ1) is 12.1. The van der Waals surface area contributed by atoms with Crippen LogP contribution in [0.5, 0.6) is 0 Å². The summed E-state index contributed by atoms with van der Waals surface area (Å²) in [5.74, 6) is 6.46. The van der Waals surface area contributed by atoms with Gasteiger partial charge >= 0.3 is 5.97 Å². The fraction of sp³-hybridized carbons (Fsp3) is 0.167. The number of carbonyl (C=O) groups is 1. The molecule has 0 saturated heterocycles. The third-order valence-corrected chi connectivity index (χ3v) is 4.77. The largest absolute Gasteiger partial charge is 0.478 e. The summed E-state index contributed by atoms with van der Waals surface area (Å²) in [6.07, 6.45) is 1.56. The van der Waals surface area contributed by atoms with Gasteiger partial charge in [0.05, 0.1) is 5.56 Å². The van der Waals surface area contributed by atoms with E-state index in [2.05, 4.69) is 22.3 Å². The van der Waals surface area contributed by atoms with Crippen LogP contribution in [0.2, 0.25) is 0 Å². The van der Waals surface area contributed by atoms with Crippen LogP contribution in [0.4, 0.5) is 0 Å². The Hall–Kier alpha value is -2.80. The maximum absolute atomic E-state index is 11.0. The number of aryl methyl sites for hydroxylation is 2. The van der Waals surface area contributed by atoms with E-state index >= 15 is 0 Å². The first kappa shape index (κ1) is 17.0. The molecule has 3 N–H and O–H groups in total. The molecule has 3 rings (SSSR count). The number of rotatable bonds is 7. The molecule has 0 aliphatic carbocycles. The zero-order chi connectivity index (χ0) is 17.6. The number of carboxylic acid groups (broad SMARTS) is 1. The van der Waals surface area contributed by atoms with Crippen molar-refractivity contribution in [1.82, 2.24) is 14.9 Å². The van der Waals surface area contributed by atoms with Gasteiger partial charge in [-0.3, -0.25) is 0 Å². The van der Waals surface area contributed by atoms with Crippen molar-refractivity contribution < 1.29 is 9.90 Å². The maximum atomic E-state index is 11.0. The second-order valence-electron chi connectivity index (χ2n) is 5.55. The van der Waals surface area contributed by atoms with Gasteiger partial charge in [0.15, 0.2) is 5.82 Å². The lowest BCUT2D eigenvalue weighted by Gasteiger charge is -2.05. The molecule has 3 aromatic rings. The van der Waals surface area contributed by atoms with E-state index in [1.165, 1.54) is 22.0 Å². The molecule has 0 aliphatic rings. The Kier molecular flexibility index (Phi) is 5.35. The summed E-state index contributed by atoms with van der Waals surface area (Å²) in [7, 11) is 0. The maximum Gasteiger partial charge on any atom is 0.335 e. The summed E-state index contributed by atoms with van der Waals surface area (Å²) < 4.78 is 1.51. The Morgan fingerprint density at radius 1 is 1.04 bits per heavy atom. The summed E-state index contributed by atoms with van der Waals surface area (Å²) in [6, 6.07) is 17.0. The molecule has 0 aliphatic heterocycles. The fourth-order valence-electron chi connectivity index (χ4n) is 2.42. The van der Waals surface area contributed by atoms with E-state index in [0.717, 1.165) is 17.8 Å². The van der Waals surface area contributed by atoms with Crippen molar-refractivity contribution in [3.05, 3.63) is 77.1 Å². The molecule has 2 aromatic carbocycles. The van der Waals surface area contributed by atoms with Crippen LogP contribution in [0.25, 0.3) is 0 Å². The van der Waals surface area contributed by atoms with Crippen LogP contribution in [0.15, 0.2) is 59.8 Å². The molecule has 6 nitrogen and oxygen atoms in total. The quantitative estimate of drug-likeness (QED) is 0.500. The average Bonchev–Trinajstić information content (AvgIpc) is 2.99. The van der Waals surface area contributed by atoms with Crippen molar-refractivity contribution in [2.45, 2.75) is 23.8 Å². The van der Waals surface area contributed by atoms with Crippen LogP contribution < -0.4 is 5.84 Å². The summed E-state index contributed by atoms with van der Waals surface area (Å²) in [5, 5.41) is 18.0. The van der Waals surface area contributed by atoms with E-state index in [0.29, 0.717) is 17.3 Å². The van der Waals surface area contributed by atoms with E-state index in [9.17, 15) is 4.79 Å². The highest BCUT2D eigenvalue weighted by atomic mass is 32.2. The number of aromatic carboxylic acids is 1. The zero-order valence-electron chi connectivity index (χ0n) is 13.5. The molecule has 1 aromatic heterocycles. The first-order valence-electron chi connectivity index (χ1n) is 7.82. The van der Waals surface area contributed by atoms with Crippen molar-refractivity contribution in [2.75, 3.05) is 5.84 Å². The molecule has 7 heteroatoms. The number of carboxylic acids is 1. The molecule has 0 amide bonds. The van der Waals surface area contributed by atoms with Crippen molar-refractivity contribution >= 4 is 17.7 Å². The molecule has 0 radical (unpaired) electrons. The minimum atomic E-state index is -0.933. The van der Waals surface area contributed by atoms with E-state index in [1.807, 2.05) is 24.3 Å². The Morgan fingerprint density at radius 3 is 2.56 bits per heavy atom. The fourth-order valence-corrected chi connectivity index (χ4v) is 3.24. The van der Waals surface area contributed by atoms with E-state index in [1.54, 1.807) is 18.2 Å². The summed E-state index contributed by atoms with van der Waals surface area (Å²) >= 11 is 1.43. The molecule has 1 heterocycles. The third-order valence-electron chi connectivity index (χ3n) is 3.76. The van der Waals surface area contributed by atoms with Crippen LogP contribution in [-0.4, -0.2) is 25.9 Å². The van der Waals surface area contributed by atoms with Gasteiger partial charge in [0.2, 0.25) is 5.16 Å². The van der Waals surface area contributed by atoms with Crippen LogP contribution in [0.1, 0.15) is 27.3 Å². The van der Waals surface area contributed by atoms with Crippen LogP contribution >= 0.6 is 11.8 Å². The van der Waals surface area contributed by atoms with Gasteiger partial charge in [0, 0.05) is 12.2 Å². The lowest BCUT2D eigenvalue weighted by atomic mass is 10.1. The van der Waals surface area contributed by atoms with Crippen LogP contribution in [0.3, 0.4) is 0 Å². The monoisotopic (exact) mass is 354 g/mol. The number of nitrogen functional groups attached to an aromatic ring is 1. The highest BCUT2D eigenvalue weighted by Gasteiger charge is 2.11. The summed E-state index contributed by atoms with van der Waals surface area (Å²) in [4.78, 5) is 11.0. The van der Waals surface area contributed by atoms with Crippen molar-refractivity contribution in [1.29, 1.82) is 0 Å². The van der Waals surface area contributed by atoms with Gasteiger partial charge in [-0.2, -0.15) is 0 Å². The molecule has 0 saturated carbocycles. The Balaban J connectivity index is 1.61. The Morgan fingerprint density at radius 2 is 1.80 bits per heavy atom. The van der Waals surface area contributed by atoms with Crippen molar-refractivity contribution in [2.24, 2.45) is 0 Å². The molecule has 0 spiro atoms. The van der Waals surface area contributed by atoms with E-state index < -0.39 is 5.97 Å². The van der Waals surface area contributed by atoms with Gasteiger partial charge in [-0.15, -0.1) is 10.2 Å². The lowest BCUT2D eigenvalue weighted by Crippen LogP contribution is -2.14. The number of nitrogens with two attached hydrogens (primary N) is 1. The topological polar surface area (TPSA) is 94.0 Å². The molecule has 0 fully saturated rings. The summed E-state index contributed by atoms with van der Waals surface area (Å²) in [6.45, 7) is 0. The standard InChI is InChI=1S/C18H18N4O2S/c19-22-16(10-9-13-5-2-1-3-6-13)20-21-18(22)25-12-14-7-4-8-15(11-14)17(23)24/h1-8,11H,9-10,12,19H2,(H,23,24). The molecule has 0 unspecified atom stereocenters. The number of hydrogen-bond acceptors (Lipinski definition) is 5. The normalized spacial score (nSPS) is 10.7. The van der Waals surface area contributed by atoms with E-state index in [-0.39, 0.29) is 5.56 Å². The Bertz CT molecular complexity index is 865. The van der Waals surface area contributed by atoms with Gasteiger partial charge in [0.1, 0.15) is 0 Å². The number of benzene rings is 2. The minimum Gasteiger partial charge on any atom is -0.478 e. The number of nitrogens with zero attached hydrogens (tertiary/aromatic N) is 3. The first-order valence-corrected chi connectivity index (χ1v) is 8.80. The molecule has 128 valence electrons. The van der Waals surface area contributed by atoms with Gasteiger partial charge < -0.3 is 10.9 Å². The molecule has 0 atom stereocenters. The Labute approximate surface area is 149 Å². The van der Waals surface area contributed by atoms with Gasteiger partial charge in [0.25, 0.3) is 0 Å². The molecular formula is C18H18N4O2S. The number of thioether (sulfide) groups is 1. The lowest BCUT2D eigenvalue weighted by molar-refractivity contribution is 0.0697. The van der Waals surface area contributed by atoms with E-state index in [4.69, 9.17) is 10.9 Å². The van der Waals surface area contributed by atoms with Crippen molar-refractivity contribution in [3.63, 3.8) is 0 Å². The molecular weight excluding hydrogens is 336 g/mol. The molecule has 25 heavy (non-hydrogen) atoms. The highest BCUT2D eigenvalue weighted by Crippen LogP contribution is 2.21. The number of hydrogen-bond donors (Lipinski definition) is 2. The smallest absolute Gasteiger partial charge is 0.335 e. The highest BCUT2D eigenvalue weighted by molar-refractivity contribution is 7.98. The second-order valence-corrected chi connectivity index (χ2v) is 6.49. The second kappa shape index (κ2) is 7.85. The summed E-state index contributed by atoms with van der Waals surface area (Å²) in [5.41, 5.74) is 2.40. The van der Waals surface area contributed by atoms with Gasteiger partial charge in [-0.1, -0.05) is 54.2 Å². The van der Waals surface area contributed by atoms with Crippen molar-refractivity contribution in [3.8, 4) is 0 Å². The third kappa shape index (κ3) is 4.39. The zero-order valence-corrected chi connectivity index (χ0v) is 14.3. The minimum absolute atomic E-state index is 0.274. The molecule has 0 bridgehead atoms. The van der Waals surface area contributed by atoms with Crippen LogP contribution in [0, 0.1) is 0 Å². The SMILES string of the molecule is Nn1c(CCc2ccccc2)nnc1SCc1cccc(C(=O)O)c1. The predicted octanol–water partition coefficient (Wildman–Crippen LogP) is 2.77. The predicted molar refractivity (Wildman–Crippen MR) is 97.0 cm³/mol. The van der Waals surface area contributed by atoms with Crippen LogP contribution in [-0.2, 0) is 18.6 Å². The van der Waals surface area contributed by atoms with Gasteiger partial charge in [-0.25, -0.2) is 9.47 Å². The van der Waals surface area contributed by atoms with Gasteiger partial charge in [-0.05, 0) is 29.7 Å².